The topological polar surface area (TPSA) is 85.5 Å². The maximum Gasteiger partial charge on any atom is 0.243 e. The first-order valence-corrected chi connectivity index (χ1v) is 11.1. The van der Waals surface area contributed by atoms with Gasteiger partial charge in [-0.3, -0.25) is 0 Å². The second kappa shape index (κ2) is 8.16. The third-order valence-electron chi connectivity index (χ3n) is 4.91. The van der Waals surface area contributed by atoms with E-state index in [2.05, 4.69) is 10.1 Å². The normalized spacial score (nSPS) is 17.5. The Morgan fingerprint density at radius 2 is 1.83 bits per heavy atom. The van der Waals surface area contributed by atoms with Crippen LogP contribution in [0, 0.1) is 5.82 Å². The van der Waals surface area contributed by atoms with Crippen LogP contribution >= 0.6 is 0 Å². The van der Waals surface area contributed by atoms with Gasteiger partial charge in [-0.15, -0.1) is 0 Å². The monoisotopic (exact) mass is 431 g/mol. The quantitative estimate of drug-likeness (QED) is 0.590. The zero-order chi connectivity index (χ0) is 21.3. The minimum absolute atomic E-state index is 0.0785. The summed E-state index contributed by atoms with van der Waals surface area (Å²) in [4.78, 5) is 4.45. The standard InChI is InChI=1S/C21H22FN3O4S/c1-14(2)21-23-20(24-29-21)15-3-7-17(8-4-15)28-18-11-12-25(13-18)30(26,27)19-9-5-16(22)6-10-19/h3-10,14,18H,11-13H2,1-2H3. The Balaban J connectivity index is 1.40. The van der Waals surface area contributed by atoms with Gasteiger partial charge in [0, 0.05) is 18.0 Å². The molecule has 0 amide bonds. The van der Waals surface area contributed by atoms with E-state index in [-0.39, 0.29) is 23.5 Å². The smallest absolute Gasteiger partial charge is 0.243 e. The predicted molar refractivity (Wildman–Crippen MR) is 108 cm³/mol. The molecule has 1 unspecified atom stereocenters. The Kier molecular flexibility index (Phi) is 5.57. The van der Waals surface area contributed by atoms with Gasteiger partial charge in [-0.2, -0.15) is 9.29 Å². The van der Waals surface area contributed by atoms with E-state index < -0.39 is 15.8 Å². The third kappa shape index (κ3) is 4.22. The van der Waals surface area contributed by atoms with Crippen molar-refractivity contribution in [3.63, 3.8) is 0 Å². The highest BCUT2D eigenvalue weighted by molar-refractivity contribution is 7.89. The molecule has 0 aliphatic carbocycles. The molecule has 1 fully saturated rings. The summed E-state index contributed by atoms with van der Waals surface area (Å²) in [5.74, 6) is 1.42. The van der Waals surface area contributed by atoms with Gasteiger partial charge < -0.3 is 9.26 Å². The summed E-state index contributed by atoms with van der Waals surface area (Å²) >= 11 is 0. The zero-order valence-corrected chi connectivity index (χ0v) is 17.5. The van der Waals surface area contributed by atoms with Crippen LogP contribution < -0.4 is 4.74 Å². The van der Waals surface area contributed by atoms with Crippen molar-refractivity contribution in [3.05, 3.63) is 60.2 Å². The molecular weight excluding hydrogens is 409 g/mol. The lowest BCUT2D eigenvalue weighted by Gasteiger charge is -2.17. The summed E-state index contributed by atoms with van der Waals surface area (Å²) in [6, 6.07) is 12.1. The molecule has 1 aromatic heterocycles. The number of hydrogen-bond acceptors (Lipinski definition) is 6. The molecule has 0 spiro atoms. The third-order valence-corrected chi connectivity index (χ3v) is 6.79. The number of halogens is 1. The van der Waals surface area contributed by atoms with E-state index in [9.17, 15) is 12.8 Å². The highest BCUT2D eigenvalue weighted by Gasteiger charge is 2.33. The number of ether oxygens (including phenoxy) is 1. The molecule has 0 N–H and O–H groups in total. The molecule has 3 aromatic rings. The highest BCUT2D eigenvalue weighted by atomic mass is 32.2. The number of hydrogen-bond donors (Lipinski definition) is 0. The SMILES string of the molecule is CC(C)c1nc(-c2ccc(OC3CCN(S(=O)(=O)c4ccc(F)cc4)C3)cc2)no1. The number of rotatable bonds is 6. The van der Waals surface area contributed by atoms with Crippen molar-refractivity contribution in [2.75, 3.05) is 13.1 Å². The number of benzene rings is 2. The fraction of sp³-hybridized carbons (Fsp3) is 0.333. The fourth-order valence-corrected chi connectivity index (χ4v) is 4.72. The van der Waals surface area contributed by atoms with E-state index in [0.717, 1.165) is 17.7 Å². The van der Waals surface area contributed by atoms with Crippen molar-refractivity contribution < 1.29 is 22.1 Å². The molecule has 158 valence electrons. The van der Waals surface area contributed by atoms with Gasteiger partial charge in [0.15, 0.2) is 0 Å². The first kappa shape index (κ1) is 20.5. The number of nitrogens with zero attached hydrogens (tertiary/aromatic N) is 3. The molecule has 2 aromatic carbocycles. The zero-order valence-electron chi connectivity index (χ0n) is 16.7. The Labute approximate surface area is 174 Å². The molecular formula is C21H22FN3O4S. The lowest BCUT2D eigenvalue weighted by Crippen LogP contribution is -2.31. The highest BCUT2D eigenvalue weighted by Crippen LogP contribution is 2.26. The molecule has 0 saturated carbocycles. The van der Waals surface area contributed by atoms with Crippen LogP contribution in [-0.4, -0.2) is 42.1 Å². The average Bonchev–Trinajstić information content (AvgIpc) is 3.39. The van der Waals surface area contributed by atoms with Crippen molar-refractivity contribution >= 4 is 10.0 Å². The largest absolute Gasteiger partial charge is 0.489 e. The van der Waals surface area contributed by atoms with Crippen LogP contribution in [0.1, 0.15) is 32.1 Å². The van der Waals surface area contributed by atoms with Gasteiger partial charge in [0.1, 0.15) is 17.7 Å². The second-order valence-corrected chi connectivity index (χ2v) is 9.42. The minimum Gasteiger partial charge on any atom is -0.489 e. The van der Waals surface area contributed by atoms with Gasteiger partial charge in [-0.25, -0.2) is 12.8 Å². The van der Waals surface area contributed by atoms with Crippen LogP contribution in [0.25, 0.3) is 11.4 Å². The summed E-state index contributed by atoms with van der Waals surface area (Å²) < 4.78 is 51.1. The molecule has 0 radical (unpaired) electrons. The van der Waals surface area contributed by atoms with E-state index in [0.29, 0.717) is 30.4 Å². The summed E-state index contributed by atoms with van der Waals surface area (Å²) in [5, 5.41) is 3.99. The van der Waals surface area contributed by atoms with Gasteiger partial charge in [0.05, 0.1) is 11.4 Å². The molecule has 0 bridgehead atoms. The fourth-order valence-electron chi connectivity index (χ4n) is 3.23. The second-order valence-electron chi connectivity index (χ2n) is 7.48. The van der Waals surface area contributed by atoms with E-state index >= 15 is 0 Å². The maximum absolute atomic E-state index is 13.1. The Morgan fingerprint density at radius 1 is 1.13 bits per heavy atom. The Bertz CT molecular complexity index is 1110. The number of aromatic nitrogens is 2. The Hall–Kier alpha value is -2.78. The van der Waals surface area contributed by atoms with Crippen molar-refractivity contribution in [2.45, 2.75) is 37.2 Å². The maximum atomic E-state index is 13.1. The predicted octanol–water partition coefficient (Wildman–Crippen LogP) is 3.84. The minimum atomic E-state index is -3.67. The van der Waals surface area contributed by atoms with Gasteiger partial charge in [-0.1, -0.05) is 19.0 Å². The summed E-state index contributed by atoms with van der Waals surface area (Å²) in [5.41, 5.74) is 0.810. The molecule has 1 aliphatic rings. The molecule has 30 heavy (non-hydrogen) atoms. The van der Waals surface area contributed by atoms with Gasteiger partial charge in [0.25, 0.3) is 0 Å². The molecule has 7 nitrogen and oxygen atoms in total. The number of sulfonamides is 1. The van der Waals surface area contributed by atoms with Gasteiger partial charge >= 0.3 is 0 Å². The molecule has 4 rings (SSSR count). The van der Waals surface area contributed by atoms with Crippen LogP contribution in [0.2, 0.25) is 0 Å². The summed E-state index contributed by atoms with van der Waals surface area (Å²) in [7, 11) is -3.67. The van der Waals surface area contributed by atoms with Crippen LogP contribution in [0.4, 0.5) is 4.39 Å². The molecule has 1 atom stereocenters. The van der Waals surface area contributed by atoms with E-state index in [1.807, 2.05) is 26.0 Å². The van der Waals surface area contributed by atoms with Crippen molar-refractivity contribution in [2.24, 2.45) is 0 Å². The molecule has 1 aliphatic heterocycles. The van der Waals surface area contributed by atoms with Gasteiger partial charge in [-0.05, 0) is 55.0 Å². The van der Waals surface area contributed by atoms with Crippen LogP contribution in [-0.2, 0) is 10.0 Å². The van der Waals surface area contributed by atoms with E-state index in [1.54, 1.807) is 12.1 Å². The van der Waals surface area contributed by atoms with Crippen LogP contribution in [0.3, 0.4) is 0 Å². The van der Waals surface area contributed by atoms with Crippen molar-refractivity contribution in [3.8, 4) is 17.1 Å². The van der Waals surface area contributed by atoms with E-state index in [4.69, 9.17) is 9.26 Å². The summed E-state index contributed by atoms with van der Waals surface area (Å²) in [6.45, 7) is 4.55. The molecule has 2 heterocycles. The lowest BCUT2D eigenvalue weighted by atomic mass is 10.2. The average molecular weight is 431 g/mol. The van der Waals surface area contributed by atoms with Crippen molar-refractivity contribution in [1.29, 1.82) is 0 Å². The first-order chi connectivity index (χ1) is 14.3. The molecule has 1 saturated heterocycles. The van der Waals surface area contributed by atoms with Crippen LogP contribution in [0.15, 0.2) is 57.9 Å². The Morgan fingerprint density at radius 3 is 2.47 bits per heavy atom. The van der Waals surface area contributed by atoms with E-state index in [1.165, 1.54) is 16.4 Å². The first-order valence-electron chi connectivity index (χ1n) is 9.69. The van der Waals surface area contributed by atoms with Crippen molar-refractivity contribution in [1.82, 2.24) is 14.4 Å². The van der Waals surface area contributed by atoms with Gasteiger partial charge in [0.2, 0.25) is 21.7 Å². The van der Waals surface area contributed by atoms with Crippen LogP contribution in [0.5, 0.6) is 5.75 Å². The lowest BCUT2D eigenvalue weighted by molar-refractivity contribution is 0.215. The summed E-state index contributed by atoms with van der Waals surface area (Å²) in [6.07, 6.45) is 0.314. The molecule has 9 heteroatoms.